The van der Waals surface area contributed by atoms with E-state index in [4.69, 9.17) is 10.8 Å². The van der Waals surface area contributed by atoms with Gasteiger partial charge in [-0.1, -0.05) is 18.2 Å². The van der Waals surface area contributed by atoms with Crippen molar-refractivity contribution in [1.29, 1.82) is 0 Å². The third kappa shape index (κ3) is 4.52. The molecule has 1 aliphatic heterocycles. The standard InChI is InChI=1S/C25H27FN6O/c26-19-9-10-20-22(17-19)29-24(32(27)25(20)33)7-3-4-12-30-13-15-31(16-14-30)23-11-8-18-5-1-2-6-21(18)28-23/h1-2,5-6,8-11,17H,3-4,7,12-16,27H2. The van der Waals surface area contributed by atoms with Crippen molar-refractivity contribution >= 4 is 27.6 Å². The number of hydrogen-bond donors (Lipinski definition) is 1. The molecule has 33 heavy (non-hydrogen) atoms. The Kier molecular flexibility index (Phi) is 5.92. The first-order chi connectivity index (χ1) is 16.1. The number of benzene rings is 2. The van der Waals surface area contributed by atoms with Gasteiger partial charge in [-0.25, -0.2) is 19.0 Å². The lowest BCUT2D eigenvalue weighted by Crippen LogP contribution is -2.46. The Balaban J connectivity index is 1.13. The van der Waals surface area contributed by atoms with E-state index in [0.29, 0.717) is 23.1 Å². The van der Waals surface area contributed by atoms with Crippen LogP contribution in [-0.2, 0) is 6.42 Å². The van der Waals surface area contributed by atoms with Gasteiger partial charge in [-0.15, -0.1) is 0 Å². The number of piperazine rings is 1. The molecule has 0 saturated carbocycles. The first kappa shape index (κ1) is 21.3. The van der Waals surface area contributed by atoms with E-state index in [1.54, 1.807) is 0 Å². The summed E-state index contributed by atoms with van der Waals surface area (Å²) in [5.41, 5.74) is 1.05. The molecule has 0 aliphatic carbocycles. The van der Waals surface area contributed by atoms with Gasteiger partial charge in [0.2, 0.25) is 0 Å². The second-order valence-electron chi connectivity index (χ2n) is 8.51. The van der Waals surface area contributed by atoms with Crippen LogP contribution in [0.15, 0.2) is 59.4 Å². The predicted molar refractivity (Wildman–Crippen MR) is 129 cm³/mol. The van der Waals surface area contributed by atoms with Crippen LogP contribution < -0.4 is 16.3 Å². The monoisotopic (exact) mass is 446 g/mol. The average Bonchev–Trinajstić information content (AvgIpc) is 2.84. The largest absolute Gasteiger partial charge is 0.354 e. The average molecular weight is 447 g/mol. The van der Waals surface area contributed by atoms with Crippen LogP contribution in [0.2, 0.25) is 0 Å². The second kappa shape index (κ2) is 9.15. The molecular formula is C25H27FN6O. The smallest absolute Gasteiger partial charge is 0.279 e. The number of para-hydroxylation sites is 1. The van der Waals surface area contributed by atoms with Crippen LogP contribution in [0, 0.1) is 5.82 Å². The van der Waals surface area contributed by atoms with Gasteiger partial charge in [0.15, 0.2) is 0 Å². The number of aromatic nitrogens is 3. The van der Waals surface area contributed by atoms with Crippen LogP contribution in [0.1, 0.15) is 18.7 Å². The first-order valence-corrected chi connectivity index (χ1v) is 11.4. The summed E-state index contributed by atoms with van der Waals surface area (Å²) in [5.74, 6) is 7.06. The lowest BCUT2D eigenvalue weighted by Gasteiger charge is -2.35. The highest BCUT2D eigenvalue weighted by atomic mass is 19.1. The molecule has 4 aromatic rings. The maximum Gasteiger partial charge on any atom is 0.279 e. The number of anilines is 1. The van der Waals surface area contributed by atoms with Crippen molar-refractivity contribution in [3.05, 3.63) is 76.6 Å². The Hall–Kier alpha value is -3.52. The van der Waals surface area contributed by atoms with E-state index >= 15 is 0 Å². The molecule has 7 nitrogen and oxygen atoms in total. The second-order valence-corrected chi connectivity index (χ2v) is 8.51. The Labute approximate surface area is 191 Å². The van der Waals surface area contributed by atoms with Crippen LogP contribution in [0.25, 0.3) is 21.8 Å². The van der Waals surface area contributed by atoms with E-state index in [2.05, 4.69) is 39.0 Å². The van der Waals surface area contributed by atoms with E-state index in [0.717, 1.165) is 67.0 Å². The van der Waals surface area contributed by atoms with Crippen molar-refractivity contribution in [2.75, 3.05) is 43.5 Å². The van der Waals surface area contributed by atoms with Gasteiger partial charge in [-0.3, -0.25) is 9.69 Å². The molecule has 2 aromatic heterocycles. The third-order valence-electron chi connectivity index (χ3n) is 6.34. The molecule has 1 fully saturated rings. The first-order valence-electron chi connectivity index (χ1n) is 11.4. The zero-order valence-electron chi connectivity index (χ0n) is 18.5. The lowest BCUT2D eigenvalue weighted by atomic mass is 10.2. The van der Waals surface area contributed by atoms with Crippen molar-refractivity contribution in [3.63, 3.8) is 0 Å². The zero-order valence-corrected chi connectivity index (χ0v) is 18.5. The van der Waals surface area contributed by atoms with E-state index in [1.165, 1.54) is 18.2 Å². The highest BCUT2D eigenvalue weighted by molar-refractivity contribution is 5.80. The van der Waals surface area contributed by atoms with Crippen molar-refractivity contribution in [3.8, 4) is 0 Å². The summed E-state index contributed by atoms with van der Waals surface area (Å²) in [4.78, 5) is 26.4. The SMILES string of the molecule is Nn1c(CCCCN2CCN(c3ccc4ccccc4n3)CC2)nc2cc(F)ccc2c1=O. The fraction of sp³-hybridized carbons (Fsp3) is 0.320. The minimum Gasteiger partial charge on any atom is -0.354 e. The van der Waals surface area contributed by atoms with E-state index in [1.807, 2.05) is 12.1 Å². The molecular weight excluding hydrogens is 419 g/mol. The minimum absolute atomic E-state index is 0.335. The van der Waals surface area contributed by atoms with E-state index < -0.39 is 5.82 Å². The number of fused-ring (bicyclic) bond motifs is 2. The normalized spacial score (nSPS) is 14.9. The van der Waals surface area contributed by atoms with Gasteiger partial charge in [0, 0.05) is 44.1 Å². The Morgan fingerprint density at radius 3 is 2.58 bits per heavy atom. The quantitative estimate of drug-likeness (QED) is 0.362. The summed E-state index contributed by atoms with van der Waals surface area (Å²) in [7, 11) is 0. The van der Waals surface area contributed by atoms with Crippen LogP contribution in [-0.4, -0.2) is 52.3 Å². The molecule has 0 amide bonds. The molecule has 0 atom stereocenters. The highest BCUT2D eigenvalue weighted by Crippen LogP contribution is 2.19. The van der Waals surface area contributed by atoms with Crippen molar-refractivity contribution < 1.29 is 4.39 Å². The summed E-state index contributed by atoms with van der Waals surface area (Å²) in [6, 6.07) is 16.4. The fourth-order valence-electron chi connectivity index (χ4n) is 4.44. The molecule has 2 N–H and O–H groups in total. The summed E-state index contributed by atoms with van der Waals surface area (Å²) >= 11 is 0. The Morgan fingerprint density at radius 1 is 0.909 bits per heavy atom. The van der Waals surface area contributed by atoms with Gasteiger partial charge in [-0.05, 0) is 49.7 Å². The maximum atomic E-state index is 13.5. The van der Waals surface area contributed by atoms with Crippen LogP contribution >= 0.6 is 0 Å². The number of nitrogens with zero attached hydrogens (tertiary/aromatic N) is 5. The highest BCUT2D eigenvalue weighted by Gasteiger charge is 2.18. The van der Waals surface area contributed by atoms with Gasteiger partial charge in [0.1, 0.15) is 17.5 Å². The summed E-state index contributed by atoms with van der Waals surface area (Å²) in [5, 5.41) is 1.50. The molecule has 0 spiro atoms. The molecule has 0 radical (unpaired) electrons. The van der Waals surface area contributed by atoms with Crippen molar-refractivity contribution in [2.45, 2.75) is 19.3 Å². The fourth-order valence-corrected chi connectivity index (χ4v) is 4.44. The number of pyridine rings is 1. The molecule has 3 heterocycles. The number of aryl methyl sites for hydroxylation is 1. The molecule has 1 aliphatic rings. The van der Waals surface area contributed by atoms with E-state index in [9.17, 15) is 9.18 Å². The lowest BCUT2D eigenvalue weighted by molar-refractivity contribution is 0.252. The number of hydrogen-bond acceptors (Lipinski definition) is 6. The third-order valence-corrected chi connectivity index (χ3v) is 6.34. The van der Waals surface area contributed by atoms with Crippen molar-refractivity contribution in [1.82, 2.24) is 19.5 Å². The molecule has 0 unspecified atom stereocenters. The molecule has 5 rings (SSSR count). The molecule has 2 aromatic carbocycles. The number of nitrogen functional groups attached to an aromatic ring is 1. The molecule has 0 bridgehead atoms. The maximum absolute atomic E-state index is 13.5. The van der Waals surface area contributed by atoms with Gasteiger partial charge in [-0.2, -0.15) is 0 Å². The number of halogens is 1. The van der Waals surface area contributed by atoms with Crippen LogP contribution in [0.4, 0.5) is 10.2 Å². The van der Waals surface area contributed by atoms with Crippen molar-refractivity contribution in [2.24, 2.45) is 0 Å². The minimum atomic E-state index is -0.409. The zero-order chi connectivity index (χ0) is 22.8. The van der Waals surface area contributed by atoms with Crippen LogP contribution in [0.5, 0.6) is 0 Å². The Morgan fingerprint density at radius 2 is 1.73 bits per heavy atom. The van der Waals surface area contributed by atoms with E-state index in [-0.39, 0.29) is 5.56 Å². The van der Waals surface area contributed by atoms with Gasteiger partial charge >= 0.3 is 0 Å². The molecule has 170 valence electrons. The number of unbranched alkanes of at least 4 members (excludes halogenated alkanes) is 1. The van der Waals surface area contributed by atoms with Crippen LogP contribution in [0.3, 0.4) is 0 Å². The topological polar surface area (TPSA) is 80.3 Å². The molecule has 1 saturated heterocycles. The summed E-state index contributed by atoms with van der Waals surface area (Å²) in [6.07, 6.45) is 2.42. The van der Waals surface area contributed by atoms with Gasteiger partial charge in [0.05, 0.1) is 16.4 Å². The number of rotatable bonds is 6. The predicted octanol–water partition coefficient (Wildman–Crippen LogP) is 2.94. The van der Waals surface area contributed by atoms with Gasteiger partial charge < -0.3 is 10.7 Å². The Bertz CT molecular complexity index is 1350. The number of nitrogens with two attached hydrogens (primary N) is 1. The summed E-state index contributed by atoms with van der Waals surface area (Å²) < 4.78 is 14.6. The summed E-state index contributed by atoms with van der Waals surface area (Å²) in [6.45, 7) is 4.86. The molecule has 8 heteroatoms. The van der Waals surface area contributed by atoms with Gasteiger partial charge in [0.25, 0.3) is 5.56 Å².